The second kappa shape index (κ2) is 7.01. The summed E-state index contributed by atoms with van der Waals surface area (Å²) in [5.74, 6) is -0.576. The predicted molar refractivity (Wildman–Crippen MR) is 84.2 cm³/mol. The molecule has 0 fully saturated rings. The van der Waals surface area contributed by atoms with Gasteiger partial charge >= 0.3 is 0 Å². The number of carbonyl (C=O) groups excluding carboxylic acids is 1. The molecular formula is C14H13BrN2O4S. The fourth-order valence-corrected chi connectivity index (χ4v) is 2.64. The summed E-state index contributed by atoms with van der Waals surface area (Å²) in [6.45, 7) is 0.194. The number of nitrogens with one attached hydrogen (secondary N) is 1. The zero-order valence-electron chi connectivity index (χ0n) is 11.3. The van der Waals surface area contributed by atoms with Crippen LogP contribution in [0.3, 0.4) is 0 Å². The molecule has 0 atom stereocenters. The number of halogens is 1. The van der Waals surface area contributed by atoms with Gasteiger partial charge in [-0.3, -0.25) is 9.63 Å². The fourth-order valence-electron chi connectivity index (χ4n) is 1.67. The molecule has 0 aliphatic rings. The molecule has 2 aromatic carbocycles. The van der Waals surface area contributed by atoms with Crippen molar-refractivity contribution in [3.8, 4) is 0 Å². The third-order valence-electron chi connectivity index (χ3n) is 2.76. The molecule has 0 radical (unpaired) electrons. The van der Waals surface area contributed by atoms with Crippen LogP contribution in [0, 0.1) is 0 Å². The molecule has 0 heterocycles. The number of carbonyl (C=O) groups is 1. The molecule has 0 aliphatic carbocycles. The molecule has 22 heavy (non-hydrogen) atoms. The summed E-state index contributed by atoms with van der Waals surface area (Å²) < 4.78 is 23.1. The van der Waals surface area contributed by atoms with Gasteiger partial charge in [-0.15, -0.1) is 0 Å². The van der Waals surface area contributed by atoms with E-state index in [2.05, 4.69) is 21.4 Å². The van der Waals surface area contributed by atoms with Gasteiger partial charge in [-0.05, 0) is 39.7 Å². The van der Waals surface area contributed by atoms with Gasteiger partial charge in [0.25, 0.3) is 5.91 Å². The minimum absolute atomic E-state index is 0.111. The second-order valence-corrected chi connectivity index (χ2v) is 6.81. The fraction of sp³-hybridized carbons (Fsp3) is 0.0714. The second-order valence-electron chi connectivity index (χ2n) is 4.39. The van der Waals surface area contributed by atoms with Gasteiger partial charge in [-0.25, -0.2) is 19.0 Å². The third kappa shape index (κ3) is 4.38. The van der Waals surface area contributed by atoms with Crippen LogP contribution in [0.1, 0.15) is 15.9 Å². The lowest BCUT2D eigenvalue weighted by atomic mass is 10.2. The smallest absolute Gasteiger partial charge is 0.269 e. The van der Waals surface area contributed by atoms with Crippen molar-refractivity contribution in [1.82, 2.24) is 5.48 Å². The van der Waals surface area contributed by atoms with Crippen molar-refractivity contribution in [3.05, 3.63) is 64.1 Å². The van der Waals surface area contributed by atoms with Crippen LogP contribution in [0.2, 0.25) is 0 Å². The Hall–Kier alpha value is -1.74. The summed E-state index contributed by atoms with van der Waals surface area (Å²) in [6.07, 6.45) is 0. The van der Waals surface area contributed by atoms with Crippen LogP contribution in [0.4, 0.5) is 0 Å². The van der Waals surface area contributed by atoms with Crippen LogP contribution < -0.4 is 10.6 Å². The molecule has 2 rings (SSSR count). The number of nitrogens with two attached hydrogens (primary N) is 1. The number of rotatable bonds is 5. The zero-order valence-corrected chi connectivity index (χ0v) is 13.7. The largest absolute Gasteiger partial charge is 0.276 e. The van der Waals surface area contributed by atoms with E-state index in [1.165, 1.54) is 18.2 Å². The molecule has 0 unspecified atom stereocenters. The molecular weight excluding hydrogens is 372 g/mol. The first-order chi connectivity index (χ1) is 10.4. The molecule has 0 aliphatic heterocycles. The standard InChI is InChI=1S/C14H13BrN2O4S/c15-13-7-6-11(22(16,19)20)8-12(13)14(18)17-21-9-10-4-2-1-3-5-10/h1-8H,9H2,(H,17,18)(H2,16,19,20). The van der Waals surface area contributed by atoms with E-state index >= 15 is 0 Å². The van der Waals surface area contributed by atoms with Crippen molar-refractivity contribution in [3.63, 3.8) is 0 Å². The van der Waals surface area contributed by atoms with Crippen molar-refractivity contribution < 1.29 is 18.0 Å². The van der Waals surface area contributed by atoms with E-state index in [4.69, 9.17) is 9.98 Å². The highest BCUT2D eigenvalue weighted by Crippen LogP contribution is 2.20. The first-order valence-corrected chi connectivity index (χ1v) is 8.50. The Morgan fingerprint density at radius 1 is 1.18 bits per heavy atom. The molecule has 0 saturated carbocycles. The first kappa shape index (κ1) is 16.6. The topological polar surface area (TPSA) is 98.5 Å². The van der Waals surface area contributed by atoms with Crippen molar-refractivity contribution in [1.29, 1.82) is 0 Å². The summed E-state index contributed by atoms with van der Waals surface area (Å²) in [5, 5.41) is 5.05. The molecule has 116 valence electrons. The van der Waals surface area contributed by atoms with Crippen LogP contribution >= 0.6 is 15.9 Å². The molecule has 0 saturated heterocycles. The van der Waals surface area contributed by atoms with Crippen molar-refractivity contribution >= 4 is 31.9 Å². The average molecular weight is 385 g/mol. The normalized spacial score (nSPS) is 11.2. The Labute approximate surface area is 136 Å². The number of primary sulfonamides is 1. The first-order valence-electron chi connectivity index (χ1n) is 6.16. The van der Waals surface area contributed by atoms with E-state index in [-0.39, 0.29) is 17.1 Å². The Morgan fingerprint density at radius 3 is 2.50 bits per heavy atom. The Bertz CT molecular complexity index is 779. The summed E-state index contributed by atoms with van der Waals surface area (Å²) >= 11 is 3.18. The van der Waals surface area contributed by atoms with Crippen LogP contribution in [0.15, 0.2) is 57.9 Å². The van der Waals surface area contributed by atoms with Gasteiger partial charge in [0.15, 0.2) is 0 Å². The van der Waals surface area contributed by atoms with E-state index in [9.17, 15) is 13.2 Å². The maximum atomic E-state index is 12.0. The quantitative estimate of drug-likeness (QED) is 0.769. The van der Waals surface area contributed by atoms with E-state index in [1.54, 1.807) is 0 Å². The number of hydroxylamine groups is 1. The number of benzene rings is 2. The summed E-state index contributed by atoms with van der Waals surface area (Å²) in [5.41, 5.74) is 3.26. The number of hydrogen-bond donors (Lipinski definition) is 2. The molecule has 6 nitrogen and oxygen atoms in total. The minimum Gasteiger partial charge on any atom is -0.269 e. The summed E-state index contributed by atoms with van der Waals surface area (Å²) in [6, 6.07) is 13.2. The molecule has 1 amide bonds. The lowest BCUT2D eigenvalue weighted by Crippen LogP contribution is -2.24. The molecule has 0 aromatic heterocycles. The van der Waals surface area contributed by atoms with Crippen molar-refractivity contribution in [2.24, 2.45) is 5.14 Å². The van der Waals surface area contributed by atoms with E-state index in [1.807, 2.05) is 30.3 Å². The van der Waals surface area contributed by atoms with E-state index in [0.717, 1.165) is 5.56 Å². The summed E-state index contributed by atoms with van der Waals surface area (Å²) in [4.78, 5) is 17.0. The molecule has 0 bridgehead atoms. The highest BCUT2D eigenvalue weighted by Gasteiger charge is 2.15. The van der Waals surface area contributed by atoms with Crippen LogP contribution in [-0.2, 0) is 21.5 Å². The van der Waals surface area contributed by atoms with E-state index < -0.39 is 15.9 Å². The van der Waals surface area contributed by atoms with Crippen molar-refractivity contribution in [2.45, 2.75) is 11.5 Å². The lowest BCUT2D eigenvalue weighted by molar-refractivity contribution is 0.0232. The average Bonchev–Trinajstić information content (AvgIpc) is 2.47. The van der Waals surface area contributed by atoms with Gasteiger partial charge in [-0.1, -0.05) is 30.3 Å². The number of hydrogen-bond acceptors (Lipinski definition) is 4. The van der Waals surface area contributed by atoms with Gasteiger partial charge < -0.3 is 0 Å². The van der Waals surface area contributed by atoms with Crippen LogP contribution in [0.25, 0.3) is 0 Å². The molecule has 2 aromatic rings. The van der Waals surface area contributed by atoms with Gasteiger partial charge in [0.1, 0.15) is 0 Å². The molecule has 8 heteroatoms. The Balaban J connectivity index is 2.06. The third-order valence-corrected chi connectivity index (χ3v) is 4.36. The molecule has 0 spiro atoms. The number of amides is 1. The maximum Gasteiger partial charge on any atom is 0.276 e. The van der Waals surface area contributed by atoms with Gasteiger partial charge in [-0.2, -0.15) is 0 Å². The van der Waals surface area contributed by atoms with Gasteiger partial charge in [0, 0.05) is 4.47 Å². The number of sulfonamides is 1. The highest BCUT2D eigenvalue weighted by molar-refractivity contribution is 9.10. The van der Waals surface area contributed by atoms with Crippen molar-refractivity contribution in [2.75, 3.05) is 0 Å². The predicted octanol–water partition coefficient (Wildman–Crippen LogP) is 1.96. The minimum atomic E-state index is -3.88. The van der Waals surface area contributed by atoms with Crippen LogP contribution in [-0.4, -0.2) is 14.3 Å². The highest BCUT2D eigenvalue weighted by atomic mass is 79.9. The van der Waals surface area contributed by atoms with Crippen LogP contribution in [0.5, 0.6) is 0 Å². The Kier molecular flexibility index (Phi) is 5.30. The monoisotopic (exact) mass is 384 g/mol. The SMILES string of the molecule is NS(=O)(=O)c1ccc(Br)c(C(=O)NOCc2ccccc2)c1. The summed E-state index contributed by atoms with van der Waals surface area (Å²) in [7, 11) is -3.88. The van der Waals surface area contributed by atoms with Gasteiger partial charge in [0.2, 0.25) is 10.0 Å². The molecule has 3 N–H and O–H groups in total. The Morgan fingerprint density at radius 2 is 1.86 bits per heavy atom. The van der Waals surface area contributed by atoms with E-state index in [0.29, 0.717) is 4.47 Å². The van der Waals surface area contributed by atoms with Gasteiger partial charge in [0.05, 0.1) is 17.1 Å². The lowest BCUT2D eigenvalue weighted by Gasteiger charge is -2.08. The zero-order chi connectivity index (χ0) is 16.2. The maximum absolute atomic E-state index is 12.0.